The zero-order valence-electron chi connectivity index (χ0n) is 10.5. The molecule has 1 aromatic carbocycles. The predicted octanol–water partition coefficient (Wildman–Crippen LogP) is 0.571. The van der Waals surface area contributed by atoms with E-state index in [2.05, 4.69) is 9.97 Å². The molecule has 20 heavy (non-hydrogen) atoms. The minimum Gasteiger partial charge on any atom is -0.478 e. The van der Waals surface area contributed by atoms with Crippen molar-refractivity contribution >= 4 is 17.5 Å². The van der Waals surface area contributed by atoms with E-state index in [1.807, 2.05) is 4.90 Å². The summed E-state index contributed by atoms with van der Waals surface area (Å²) in [7, 11) is 0. The largest absolute Gasteiger partial charge is 0.478 e. The molecule has 4 N–H and O–H groups in total. The third-order valence-corrected chi connectivity index (χ3v) is 3.34. The fourth-order valence-corrected chi connectivity index (χ4v) is 2.33. The van der Waals surface area contributed by atoms with Gasteiger partial charge in [-0.05, 0) is 23.3 Å². The van der Waals surface area contributed by atoms with E-state index in [4.69, 9.17) is 10.8 Å². The van der Waals surface area contributed by atoms with E-state index in [-0.39, 0.29) is 16.8 Å². The zero-order chi connectivity index (χ0) is 14.3. The van der Waals surface area contributed by atoms with E-state index in [1.54, 1.807) is 18.2 Å². The molecule has 1 aromatic heterocycles. The maximum Gasteiger partial charge on any atom is 0.335 e. The number of carboxylic acid groups (broad SMARTS) is 1. The lowest BCUT2D eigenvalue weighted by Gasteiger charge is -2.17. The van der Waals surface area contributed by atoms with Crippen molar-refractivity contribution in [2.24, 2.45) is 0 Å². The van der Waals surface area contributed by atoms with Gasteiger partial charge in [0.2, 0.25) is 0 Å². The summed E-state index contributed by atoms with van der Waals surface area (Å²) in [4.78, 5) is 30.8. The van der Waals surface area contributed by atoms with Crippen molar-refractivity contribution in [3.8, 4) is 0 Å². The highest BCUT2D eigenvalue weighted by atomic mass is 16.4. The number of aromatic carboxylic acids is 1. The molecule has 1 aliphatic heterocycles. The molecular weight excluding hydrogens is 260 g/mol. The Labute approximate surface area is 113 Å². The van der Waals surface area contributed by atoms with Crippen LogP contribution in [0.4, 0.5) is 11.5 Å². The van der Waals surface area contributed by atoms with E-state index < -0.39 is 5.97 Å². The first-order chi connectivity index (χ1) is 9.56. The molecule has 2 heterocycles. The van der Waals surface area contributed by atoms with Crippen LogP contribution in [-0.4, -0.2) is 21.0 Å². The van der Waals surface area contributed by atoms with Crippen LogP contribution in [0.3, 0.4) is 0 Å². The summed E-state index contributed by atoms with van der Waals surface area (Å²) >= 11 is 0. The van der Waals surface area contributed by atoms with Gasteiger partial charge in [-0.25, -0.2) is 9.78 Å². The Kier molecular flexibility index (Phi) is 2.67. The topological polar surface area (TPSA) is 112 Å². The molecule has 0 unspecified atom stereocenters. The molecule has 0 bridgehead atoms. The van der Waals surface area contributed by atoms with Gasteiger partial charge in [-0.3, -0.25) is 4.79 Å². The van der Waals surface area contributed by atoms with Crippen molar-refractivity contribution in [2.75, 3.05) is 10.6 Å². The highest BCUT2D eigenvalue weighted by Gasteiger charge is 2.23. The summed E-state index contributed by atoms with van der Waals surface area (Å²) in [5.41, 5.74) is 7.59. The van der Waals surface area contributed by atoms with Gasteiger partial charge < -0.3 is 20.7 Å². The predicted molar refractivity (Wildman–Crippen MR) is 72.6 cm³/mol. The minimum atomic E-state index is -0.958. The monoisotopic (exact) mass is 272 g/mol. The number of anilines is 2. The van der Waals surface area contributed by atoms with Crippen LogP contribution < -0.4 is 16.2 Å². The number of hydrogen-bond donors (Lipinski definition) is 3. The van der Waals surface area contributed by atoms with E-state index >= 15 is 0 Å². The Hall–Kier alpha value is -2.83. The fraction of sp³-hybridized carbons (Fsp3) is 0.154. The molecule has 0 spiro atoms. The van der Waals surface area contributed by atoms with Crippen molar-refractivity contribution in [3.05, 3.63) is 51.6 Å². The maximum absolute atomic E-state index is 11.5. The van der Waals surface area contributed by atoms with Crippen molar-refractivity contribution in [3.63, 3.8) is 0 Å². The van der Waals surface area contributed by atoms with Gasteiger partial charge in [0.05, 0.1) is 11.9 Å². The Morgan fingerprint density at radius 1 is 1.35 bits per heavy atom. The van der Waals surface area contributed by atoms with E-state index in [0.29, 0.717) is 18.9 Å². The summed E-state index contributed by atoms with van der Waals surface area (Å²) in [6, 6.07) is 4.99. The summed E-state index contributed by atoms with van der Waals surface area (Å²) in [5, 5.41) is 8.99. The summed E-state index contributed by atoms with van der Waals surface area (Å²) in [6.07, 6.45) is 1.31. The lowest BCUT2D eigenvalue weighted by Crippen LogP contribution is -2.23. The first kappa shape index (κ1) is 12.2. The number of aromatic amines is 1. The number of hydrogen-bond acceptors (Lipinski definition) is 5. The Morgan fingerprint density at radius 2 is 2.10 bits per heavy atom. The molecule has 7 heteroatoms. The lowest BCUT2D eigenvalue weighted by atomic mass is 10.1. The number of carboxylic acids is 1. The number of carbonyl (C=O) groups is 1. The number of nitrogens with two attached hydrogens (primary N) is 1. The van der Waals surface area contributed by atoms with Gasteiger partial charge in [-0.1, -0.05) is 6.07 Å². The van der Waals surface area contributed by atoms with Crippen molar-refractivity contribution < 1.29 is 9.90 Å². The molecule has 102 valence electrons. The number of fused-ring (bicyclic) bond motifs is 1. The molecule has 3 rings (SSSR count). The van der Waals surface area contributed by atoms with Gasteiger partial charge in [0.25, 0.3) is 5.56 Å². The average molecular weight is 272 g/mol. The molecule has 0 saturated carbocycles. The molecule has 0 fully saturated rings. The lowest BCUT2D eigenvalue weighted by molar-refractivity contribution is 0.0697. The van der Waals surface area contributed by atoms with Crippen LogP contribution in [0, 0.1) is 0 Å². The van der Waals surface area contributed by atoms with Crippen LogP contribution in [-0.2, 0) is 13.1 Å². The molecule has 0 saturated heterocycles. The quantitative estimate of drug-likeness (QED) is 0.736. The van der Waals surface area contributed by atoms with E-state index in [1.165, 1.54) is 6.33 Å². The number of nitrogen functional groups attached to an aromatic ring is 1. The van der Waals surface area contributed by atoms with Gasteiger partial charge in [0.15, 0.2) is 5.82 Å². The molecule has 0 radical (unpaired) electrons. The van der Waals surface area contributed by atoms with Gasteiger partial charge in [0, 0.05) is 13.1 Å². The van der Waals surface area contributed by atoms with Crippen molar-refractivity contribution in [1.29, 1.82) is 0 Å². The molecule has 7 nitrogen and oxygen atoms in total. The Morgan fingerprint density at radius 3 is 2.85 bits per heavy atom. The first-order valence-corrected chi connectivity index (χ1v) is 5.99. The molecule has 0 atom stereocenters. The Bertz CT molecular complexity index is 754. The second-order valence-corrected chi connectivity index (χ2v) is 4.61. The first-order valence-electron chi connectivity index (χ1n) is 5.99. The molecular formula is C13H12N4O3. The zero-order valence-corrected chi connectivity index (χ0v) is 10.5. The number of benzene rings is 1. The fourth-order valence-electron chi connectivity index (χ4n) is 2.33. The number of rotatable bonds is 2. The van der Waals surface area contributed by atoms with Crippen LogP contribution in [0.25, 0.3) is 0 Å². The maximum atomic E-state index is 11.5. The number of H-pyrrole nitrogens is 1. The molecule has 2 aromatic rings. The number of nitrogens with zero attached hydrogens (tertiary/aromatic N) is 2. The smallest absolute Gasteiger partial charge is 0.335 e. The third kappa shape index (κ3) is 1.89. The summed E-state index contributed by atoms with van der Waals surface area (Å²) in [6.45, 7) is 1.03. The average Bonchev–Trinajstić information content (AvgIpc) is 2.84. The standard InChI is InChI=1S/C13H12N4O3/c14-10-11(15-6-16-12(10)18)17-4-8-2-1-7(13(19)20)3-9(8)5-17/h1-3,6H,4-5,14H2,(H,19,20)(H,15,16,18). The minimum absolute atomic E-state index is 0.0683. The highest BCUT2D eigenvalue weighted by Crippen LogP contribution is 2.29. The normalized spacial score (nSPS) is 13.3. The van der Waals surface area contributed by atoms with Gasteiger partial charge in [-0.2, -0.15) is 0 Å². The summed E-state index contributed by atoms with van der Waals surface area (Å²) in [5.74, 6) is -0.540. The number of nitrogens with one attached hydrogen (secondary N) is 1. The molecule has 0 aliphatic carbocycles. The highest BCUT2D eigenvalue weighted by molar-refractivity contribution is 5.88. The Balaban J connectivity index is 1.96. The van der Waals surface area contributed by atoms with Gasteiger partial charge >= 0.3 is 5.97 Å². The van der Waals surface area contributed by atoms with E-state index in [9.17, 15) is 9.59 Å². The van der Waals surface area contributed by atoms with Crippen molar-refractivity contribution in [1.82, 2.24) is 9.97 Å². The molecule has 1 aliphatic rings. The van der Waals surface area contributed by atoms with E-state index in [0.717, 1.165) is 11.1 Å². The number of aromatic nitrogens is 2. The second-order valence-electron chi connectivity index (χ2n) is 4.61. The van der Waals surface area contributed by atoms with Crippen LogP contribution in [0.1, 0.15) is 21.5 Å². The molecule has 0 amide bonds. The second kappa shape index (κ2) is 4.37. The van der Waals surface area contributed by atoms with Crippen LogP contribution in [0.5, 0.6) is 0 Å². The van der Waals surface area contributed by atoms with Crippen LogP contribution >= 0.6 is 0 Å². The van der Waals surface area contributed by atoms with Crippen LogP contribution in [0.15, 0.2) is 29.3 Å². The van der Waals surface area contributed by atoms with Crippen LogP contribution in [0.2, 0.25) is 0 Å². The summed E-state index contributed by atoms with van der Waals surface area (Å²) < 4.78 is 0. The third-order valence-electron chi connectivity index (χ3n) is 3.34. The SMILES string of the molecule is Nc1c(N2Cc3ccc(C(=O)O)cc3C2)nc[nH]c1=O. The van der Waals surface area contributed by atoms with Gasteiger partial charge in [-0.15, -0.1) is 0 Å². The van der Waals surface area contributed by atoms with Crippen molar-refractivity contribution in [2.45, 2.75) is 13.1 Å². The van der Waals surface area contributed by atoms with Gasteiger partial charge in [0.1, 0.15) is 5.69 Å².